The molecule has 116 valence electrons. The SMILES string of the molecule is COC(=O)N1CCN(S(=O)(=O)Cc2ccc(C)cc2)CC1. The zero-order valence-electron chi connectivity index (χ0n) is 12.3. The van der Waals surface area contributed by atoms with Gasteiger partial charge in [0.1, 0.15) is 0 Å². The van der Waals surface area contributed by atoms with Crippen molar-refractivity contribution in [2.24, 2.45) is 0 Å². The van der Waals surface area contributed by atoms with Crippen LogP contribution in [0.4, 0.5) is 4.79 Å². The van der Waals surface area contributed by atoms with E-state index in [1.807, 2.05) is 31.2 Å². The van der Waals surface area contributed by atoms with E-state index in [2.05, 4.69) is 4.74 Å². The molecule has 0 spiro atoms. The van der Waals surface area contributed by atoms with E-state index in [-0.39, 0.29) is 5.75 Å². The van der Waals surface area contributed by atoms with Gasteiger partial charge in [-0.05, 0) is 12.5 Å². The smallest absolute Gasteiger partial charge is 0.409 e. The second-order valence-electron chi connectivity index (χ2n) is 5.10. The molecule has 7 heteroatoms. The van der Waals surface area contributed by atoms with Gasteiger partial charge in [0.2, 0.25) is 10.0 Å². The number of hydrogen-bond donors (Lipinski definition) is 0. The average molecular weight is 312 g/mol. The normalized spacial score (nSPS) is 16.8. The van der Waals surface area contributed by atoms with Crippen LogP contribution in [-0.2, 0) is 20.5 Å². The fourth-order valence-corrected chi connectivity index (χ4v) is 3.78. The Balaban J connectivity index is 1.98. The number of benzene rings is 1. The summed E-state index contributed by atoms with van der Waals surface area (Å²) in [4.78, 5) is 12.9. The topological polar surface area (TPSA) is 66.9 Å². The number of ether oxygens (including phenoxy) is 1. The molecule has 0 radical (unpaired) electrons. The van der Waals surface area contributed by atoms with E-state index < -0.39 is 16.1 Å². The zero-order valence-corrected chi connectivity index (χ0v) is 13.1. The van der Waals surface area contributed by atoms with E-state index in [0.717, 1.165) is 11.1 Å². The monoisotopic (exact) mass is 312 g/mol. The van der Waals surface area contributed by atoms with Crippen LogP contribution < -0.4 is 0 Å². The predicted octanol–water partition coefficient (Wildman–Crippen LogP) is 1.21. The third kappa shape index (κ3) is 3.95. The number of sulfonamides is 1. The number of piperazine rings is 1. The van der Waals surface area contributed by atoms with Crippen molar-refractivity contribution in [2.45, 2.75) is 12.7 Å². The highest BCUT2D eigenvalue weighted by Crippen LogP contribution is 2.14. The number of rotatable bonds is 3. The molecule has 1 aromatic rings. The first-order chi connectivity index (χ1) is 9.92. The number of amides is 1. The lowest BCUT2D eigenvalue weighted by molar-refractivity contribution is 0.108. The summed E-state index contributed by atoms with van der Waals surface area (Å²) in [5.74, 6) is -0.00843. The fourth-order valence-electron chi connectivity index (χ4n) is 2.26. The van der Waals surface area contributed by atoms with E-state index in [0.29, 0.717) is 26.2 Å². The van der Waals surface area contributed by atoms with Gasteiger partial charge >= 0.3 is 6.09 Å². The van der Waals surface area contributed by atoms with Crippen LogP contribution in [0.25, 0.3) is 0 Å². The third-order valence-electron chi connectivity index (χ3n) is 3.53. The molecule has 0 bridgehead atoms. The van der Waals surface area contributed by atoms with Crippen molar-refractivity contribution in [3.05, 3.63) is 35.4 Å². The van der Waals surface area contributed by atoms with Crippen molar-refractivity contribution in [1.29, 1.82) is 0 Å². The van der Waals surface area contributed by atoms with Crippen molar-refractivity contribution in [3.63, 3.8) is 0 Å². The Kier molecular flexibility index (Phi) is 4.84. The van der Waals surface area contributed by atoms with Crippen molar-refractivity contribution < 1.29 is 17.9 Å². The molecule has 1 fully saturated rings. The molecule has 0 unspecified atom stereocenters. The Labute approximate surface area is 125 Å². The van der Waals surface area contributed by atoms with Gasteiger partial charge in [-0.2, -0.15) is 4.31 Å². The Hall–Kier alpha value is -1.60. The van der Waals surface area contributed by atoms with E-state index >= 15 is 0 Å². The largest absolute Gasteiger partial charge is 0.453 e. The lowest BCUT2D eigenvalue weighted by atomic mass is 10.2. The van der Waals surface area contributed by atoms with Crippen LogP contribution in [0.15, 0.2) is 24.3 Å². The average Bonchev–Trinajstić information content (AvgIpc) is 2.49. The molecule has 0 atom stereocenters. The fraction of sp³-hybridized carbons (Fsp3) is 0.500. The highest BCUT2D eigenvalue weighted by atomic mass is 32.2. The molecule has 1 aliphatic heterocycles. The Morgan fingerprint density at radius 1 is 1.14 bits per heavy atom. The van der Waals surface area contributed by atoms with Gasteiger partial charge in [0.05, 0.1) is 12.9 Å². The minimum absolute atomic E-state index is 0.00843. The molecule has 1 heterocycles. The Morgan fingerprint density at radius 3 is 2.24 bits per heavy atom. The summed E-state index contributed by atoms with van der Waals surface area (Å²) in [5.41, 5.74) is 1.87. The van der Waals surface area contributed by atoms with E-state index in [1.165, 1.54) is 16.3 Å². The number of nitrogens with zero attached hydrogens (tertiary/aromatic N) is 2. The molecular formula is C14H20N2O4S. The molecule has 1 saturated heterocycles. The molecule has 0 aliphatic carbocycles. The minimum atomic E-state index is -3.35. The van der Waals surface area contributed by atoms with Crippen LogP contribution in [0.2, 0.25) is 0 Å². The maximum atomic E-state index is 12.4. The van der Waals surface area contributed by atoms with Crippen molar-refractivity contribution in [3.8, 4) is 0 Å². The molecule has 21 heavy (non-hydrogen) atoms. The van der Waals surface area contributed by atoms with Crippen LogP contribution in [-0.4, -0.2) is 57.0 Å². The highest BCUT2D eigenvalue weighted by Gasteiger charge is 2.29. The lowest BCUT2D eigenvalue weighted by Gasteiger charge is -2.33. The minimum Gasteiger partial charge on any atom is -0.453 e. The maximum absolute atomic E-state index is 12.4. The van der Waals surface area contributed by atoms with Crippen LogP contribution in [0.3, 0.4) is 0 Å². The summed E-state index contributed by atoms with van der Waals surface area (Å²) in [6.07, 6.45) is -0.411. The highest BCUT2D eigenvalue weighted by molar-refractivity contribution is 7.88. The number of hydrogen-bond acceptors (Lipinski definition) is 4. The van der Waals surface area contributed by atoms with Crippen LogP contribution in [0.1, 0.15) is 11.1 Å². The van der Waals surface area contributed by atoms with E-state index in [1.54, 1.807) is 0 Å². The van der Waals surface area contributed by atoms with Gasteiger partial charge < -0.3 is 9.64 Å². The maximum Gasteiger partial charge on any atom is 0.409 e. The van der Waals surface area contributed by atoms with E-state index in [4.69, 9.17) is 0 Å². The molecule has 1 aromatic carbocycles. The molecular weight excluding hydrogens is 292 g/mol. The summed E-state index contributed by atoms with van der Waals surface area (Å²) in [6, 6.07) is 7.47. The Bertz CT molecular complexity index is 590. The summed E-state index contributed by atoms with van der Waals surface area (Å²) in [7, 11) is -2.03. The predicted molar refractivity (Wildman–Crippen MR) is 79.4 cm³/mol. The van der Waals surface area contributed by atoms with Crippen LogP contribution in [0, 0.1) is 6.92 Å². The summed E-state index contributed by atoms with van der Waals surface area (Å²) < 4.78 is 30.8. The van der Waals surface area contributed by atoms with Crippen molar-refractivity contribution >= 4 is 16.1 Å². The molecule has 6 nitrogen and oxygen atoms in total. The number of aryl methyl sites for hydroxylation is 1. The zero-order chi connectivity index (χ0) is 15.5. The second-order valence-corrected chi connectivity index (χ2v) is 7.07. The quantitative estimate of drug-likeness (QED) is 0.841. The van der Waals surface area contributed by atoms with Gasteiger partial charge in [-0.1, -0.05) is 29.8 Å². The molecule has 1 amide bonds. The molecule has 0 aromatic heterocycles. The van der Waals surface area contributed by atoms with Gasteiger partial charge in [-0.25, -0.2) is 13.2 Å². The molecule has 0 saturated carbocycles. The second kappa shape index (κ2) is 6.44. The first-order valence-corrected chi connectivity index (χ1v) is 8.39. The van der Waals surface area contributed by atoms with Crippen LogP contribution >= 0.6 is 0 Å². The first-order valence-electron chi connectivity index (χ1n) is 6.78. The molecule has 0 N–H and O–H groups in total. The van der Waals surface area contributed by atoms with Gasteiger partial charge in [-0.3, -0.25) is 0 Å². The van der Waals surface area contributed by atoms with Gasteiger partial charge in [-0.15, -0.1) is 0 Å². The van der Waals surface area contributed by atoms with Gasteiger partial charge in [0.15, 0.2) is 0 Å². The number of carbonyl (C=O) groups excluding carboxylic acids is 1. The van der Waals surface area contributed by atoms with E-state index in [9.17, 15) is 13.2 Å². The lowest BCUT2D eigenvalue weighted by Crippen LogP contribution is -2.50. The van der Waals surface area contributed by atoms with Crippen LogP contribution in [0.5, 0.6) is 0 Å². The first kappa shape index (κ1) is 15.8. The summed E-state index contributed by atoms with van der Waals surface area (Å²) in [6.45, 7) is 3.30. The third-order valence-corrected chi connectivity index (χ3v) is 5.38. The van der Waals surface area contributed by atoms with Gasteiger partial charge in [0, 0.05) is 26.2 Å². The standard InChI is InChI=1S/C14H20N2O4S/c1-12-3-5-13(6-4-12)11-21(18,19)16-9-7-15(8-10-16)14(17)20-2/h3-6H,7-11H2,1-2H3. The summed E-state index contributed by atoms with van der Waals surface area (Å²) in [5, 5.41) is 0. The van der Waals surface area contributed by atoms with Gasteiger partial charge in [0.25, 0.3) is 0 Å². The van der Waals surface area contributed by atoms with Crippen molar-refractivity contribution in [1.82, 2.24) is 9.21 Å². The Morgan fingerprint density at radius 2 is 1.71 bits per heavy atom. The number of methoxy groups -OCH3 is 1. The summed E-state index contributed by atoms with van der Waals surface area (Å²) >= 11 is 0. The van der Waals surface area contributed by atoms with Crippen molar-refractivity contribution in [2.75, 3.05) is 33.3 Å². The molecule has 1 aliphatic rings. The number of carbonyl (C=O) groups is 1. The molecule has 2 rings (SSSR count).